The molecule has 246 valence electrons. The van der Waals surface area contributed by atoms with Crippen LogP contribution in [0.25, 0.3) is 110 Å². The SMILES string of the molecule is O=c1c2c(-c3cccc(-n4c5ccccc5c5cc(-c6cccc7c6oc6ccccc67)ccc54)c3)cccc2c2cccc3c4ccccc4n1c23. The van der Waals surface area contributed by atoms with Gasteiger partial charge in [0.15, 0.2) is 0 Å². The van der Waals surface area contributed by atoms with Crippen LogP contribution in [0.1, 0.15) is 0 Å². The van der Waals surface area contributed by atoms with Crippen LogP contribution in [0.5, 0.6) is 0 Å². The van der Waals surface area contributed by atoms with Crippen molar-refractivity contribution >= 4 is 81.7 Å². The molecule has 0 N–H and O–H groups in total. The maximum absolute atomic E-state index is 14.7. The van der Waals surface area contributed by atoms with Crippen LogP contribution in [0.3, 0.4) is 0 Å². The Morgan fingerprint density at radius 3 is 1.89 bits per heavy atom. The number of benzene rings is 8. The zero-order valence-corrected chi connectivity index (χ0v) is 28.4. The summed E-state index contributed by atoms with van der Waals surface area (Å²) in [6.45, 7) is 0. The summed E-state index contributed by atoms with van der Waals surface area (Å²) in [5, 5.41) is 9.59. The molecule has 0 bridgehead atoms. The van der Waals surface area contributed by atoms with E-state index in [1.165, 1.54) is 10.8 Å². The minimum absolute atomic E-state index is 0.00905. The molecule has 4 heteroatoms. The zero-order chi connectivity index (χ0) is 34.8. The van der Waals surface area contributed by atoms with Gasteiger partial charge in [0, 0.05) is 49.0 Å². The molecule has 53 heavy (non-hydrogen) atoms. The third-order valence-electron chi connectivity index (χ3n) is 11.3. The van der Waals surface area contributed by atoms with Gasteiger partial charge in [-0.15, -0.1) is 0 Å². The lowest BCUT2D eigenvalue weighted by atomic mass is 9.96. The van der Waals surface area contributed by atoms with Crippen molar-refractivity contribution in [3.05, 3.63) is 180 Å². The molecule has 0 radical (unpaired) electrons. The summed E-state index contributed by atoms with van der Waals surface area (Å²) in [5.74, 6) is 0. The number of para-hydroxylation sites is 5. The monoisotopic (exact) mass is 676 g/mol. The lowest BCUT2D eigenvalue weighted by Crippen LogP contribution is -2.13. The second-order valence-electron chi connectivity index (χ2n) is 14.0. The second-order valence-corrected chi connectivity index (χ2v) is 14.0. The lowest BCUT2D eigenvalue weighted by Gasteiger charge is -2.13. The van der Waals surface area contributed by atoms with Crippen molar-refractivity contribution in [1.82, 2.24) is 8.97 Å². The highest BCUT2D eigenvalue weighted by Crippen LogP contribution is 2.41. The number of rotatable bonds is 3. The molecule has 0 fully saturated rings. The van der Waals surface area contributed by atoms with E-state index in [-0.39, 0.29) is 5.56 Å². The van der Waals surface area contributed by atoms with E-state index in [9.17, 15) is 4.79 Å². The lowest BCUT2D eigenvalue weighted by molar-refractivity contribution is 0.670. The minimum atomic E-state index is 0.00905. The standard InChI is InChI=1S/C49H28N2O2/c52-49-46-32(16-8-18-37(46)39-20-10-19-38-34-13-1-5-23-43(34)51(49)47(38)39)29-11-7-12-31(27-29)50-42-22-4-2-14-35(42)41-28-30(25-26-44(41)50)33-17-9-21-40-36-15-3-6-24-45(36)53-48(33)40/h1-28H. The van der Waals surface area contributed by atoms with Crippen LogP contribution in [-0.4, -0.2) is 8.97 Å². The first-order valence-corrected chi connectivity index (χ1v) is 18.0. The Labute approximate surface area is 302 Å². The van der Waals surface area contributed by atoms with Crippen molar-refractivity contribution < 1.29 is 4.42 Å². The first-order chi connectivity index (χ1) is 26.2. The number of nitrogens with zero attached hydrogens (tertiary/aromatic N) is 2. The number of fused-ring (bicyclic) bond motifs is 11. The normalized spacial score (nSPS) is 12.2. The number of pyridine rings is 1. The Morgan fingerprint density at radius 1 is 0.415 bits per heavy atom. The smallest absolute Gasteiger partial charge is 0.264 e. The highest BCUT2D eigenvalue weighted by atomic mass is 16.3. The molecule has 0 saturated carbocycles. The van der Waals surface area contributed by atoms with Crippen molar-refractivity contribution in [1.29, 1.82) is 0 Å². The third-order valence-corrected chi connectivity index (χ3v) is 11.3. The van der Waals surface area contributed by atoms with Crippen LogP contribution in [0.15, 0.2) is 179 Å². The Hall–Kier alpha value is -7.17. The van der Waals surface area contributed by atoms with Crippen molar-refractivity contribution in [3.8, 4) is 27.9 Å². The molecule has 0 aliphatic rings. The number of hydrogen-bond acceptors (Lipinski definition) is 2. The van der Waals surface area contributed by atoms with Gasteiger partial charge < -0.3 is 8.98 Å². The Balaban J connectivity index is 1.08. The van der Waals surface area contributed by atoms with E-state index in [2.05, 4.69) is 150 Å². The van der Waals surface area contributed by atoms with E-state index in [0.29, 0.717) is 0 Å². The summed E-state index contributed by atoms with van der Waals surface area (Å²) in [5.41, 5.74) is 11.1. The van der Waals surface area contributed by atoms with Gasteiger partial charge in [0.1, 0.15) is 11.2 Å². The van der Waals surface area contributed by atoms with Crippen LogP contribution in [0.2, 0.25) is 0 Å². The van der Waals surface area contributed by atoms with E-state index in [1.54, 1.807) is 0 Å². The molecule has 12 aromatic rings. The van der Waals surface area contributed by atoms with E-state index in [0.717, 1.165) is 98.9 Å². The van der Waals surface area contributed by atoms with Gasteiger partial charge in [0.25, 0.3) is 5.56 Å². The summed E-state index contributed by atoms with van der Waals surface area (Å²) < 4.78 is 10.7. The van der Waals surface area contributed by atoms with Gasteiger partial charge in [-0.1, -0.05) is 127 Å². The Bertz CT molecular complexity index is 3550. The molecule has 4 aromatic heterocycles. The summed E-state index contributed by atoms with van der Waals surface area (Å²) in [4.78, 5) is 14.7. The average molecular weight is 677 g/mol. The molecule has 0 amide bonds. The van der Waals surface area contributed by atoms with Gasteiger partial charge in [-0.3, -0.25) is 9.20 Å². The largest absolute Gasteiger partial charge is 0.455 e. The fourth-order valence-electron chi connectivity index (χ4n) is 9.01. The third kappa shape index (κ3) is 3.81. The summed E-state index contributed by atoms with van der Waals surface area (Å²) in [7, 11) is 0. The van der Waals surface area contributed by atoms with E-state index < -0.39 is 0 Å². The van der Waals surface area contributed by atoms with Gasteiger partial charge in [0.05, 0.1) is 27.5 Å². The van der Waals surface area contributed by atoms with Gasteiger partial charge in [0.2, 0.25) is 0 Å². The predicted octanol–water partition coefficient (Wildman–Crippen LogP) is 12.5. The highest BCUT2D eigenvalue weighted by molar-refractivity contribution is 6.21. The molecule has 0 atom stereocenters. The van der Waals surface area contributed by atoms with Gasteiger partial charge >= 0.3 is 0 Å². The molecule has 0 aliphatic carbocycles. The molecule has 0 aliphatic heterocycles. The van der Waals surface area contributed by atoms with Crippen LogP contribution >= 0.6 is 0 Å². The maximum Gasteiger partial charge on any atom is 0.264 e. The predicted molar refractivity (Wildman–Crippen MR) is 220 cm³/mol. The van der Waals surface area contributed by atoms with Gasteiger partial charge in [-0.05, 0) is 64.5 Å². The summed E-state index contributed by atoms with van der Waals surface area (Å²) in [6.07, 6.45) is 0. The van der Waals surface area contributed by atoms with Crippen molar-refractivity contribution in [2.75, 3.05) is 0 Å². The minimum Gasteiger partial charge on any atom is -0.455 e. The van der Waals surface area contributed by atoms with E-state index in [4.69, 9.17) is 4.42 Å². The molecule has 8 aromatic carbocycles. The maximum atomic E-state index is 14.7. The Morgan fingerprint density at radius 2 is 1.02 bits per heavy atom. The van der Waals surface area contributed by atoms with Crippen LogP contribution < -0.4 is 5.56 Å². The number of aromatic nitrogens is 2. The topological polar surface area (TPSA) is 39.5 Å². The molecule has 4 nitrogen and oxygen atoms in total. The summed E-state index contributed by atoms with van der Waals surface area (Å²) in [6, 6.07) is 59.4. The van der Waals surface area contributed by atoms with Crippen molar-refractivity contribution in [3.63, 3.8) is 0 Å². The molecular weight excluding hydrogens is 649 g/mol. The molecule has 4 heterocycles. The average Bonchev–Trinajstić information content (AvgIpc) is 3.88. The van der Waals surface area contributed by atoms with Crippen LogP contribution in [0, 0.1) is 0 Å². The van der Waals surface area contributed by atoms with E-state index in [1.807, 2.05) is 28.7 Å². The van der Waals surface area contributed by atoms with Gasteiger partial charge in [-0.25, -0.2) is 0 Å². The number of furan rings is 1. The quantitative estimate of drug-likeness (QED) is 0.175. The molecule has 12 rings (SSSR count). The van der Waals surface area contributed by atoms with Crippen LogP contribution in [0.4, 0.5) is 0 Å². The molecule has 0 spiro atoms. The molecule has 0 saturated heterocycles. The highest BCUT2D eigenvalue weighted by Gasteiger charge is 2.20. The van der Waals surface area contributed by atoms with Crippen LogP contribution in [-0.2, 0) is 0 Å². The number of hydrogen-bond donors (Lipinski definition) is 0. The molecular formula is C49H28N2O2. The van der Waals surface area contributed by atoms with Crippen molar-refractivity contribution in [2.24, 2.45) is 0 Å². The first kappa shape index (κ1) is 28.5. The fourth-order valence-corrected chi connectivity index (χ4v) is 9.01. The van der Waals surface area contributed by atoms with Gasteiger partial charge in [-0.2, -0.15) is 0 Å². The second kappa shape index (κ2) is 10.4. The Kier molecular flexibility index (Phi) is 5.62. The first-order valence-electron chi connectivity index (χ1n) is 18.0. The zero-order valence-electron chi connectivity index (χ0n) is 28.4. The fraction of sp³-hybridized carbons (Fsp3) is 0. The van der Waals surface area contributed by atoms with E-state index >= 15 is 0 Å². The summed E-state index contributed by atoms with van der Waals surface area (Å²) >= 11 is 0. The van der Waals surface area contributed by atoms with Crippen molar-refractivity contribution in [2.45, 2.75) is 0 Å². The molecule has 0 unspecified atom stereocenters.